The van der Waals surface area contributed by atoms with Crippen molar-refractivity contribution < 1.29 is 9.84 Å². The highest BCUT2D eigenvalue weighted by molar-refractivity contribution is 5.50. The third-order valence-corrected chi connectivity index (χ3v) is 3.72. The van der Waals surface area contributed by atoms with Crippen molar-refractivity contribution in [2.45, 2.75) is 64.2 Å². The molecule has 0 atom stereocenters. The van der Waals surface area contributed by atoms with Gasteiger partial charge in [-0.1, -0.05) is 0 Å². The van der Waals surface area contributed by atoms with Crippen molar-refractivity contribution in [3.8, 4) is 5.88 Å². The SMILES string of the molecule is CNc1cn([C@H]2CC[C@](C)(O)CC2)nc1OC(C)C. The molecular formula is C14H25N3O2. The van der Waals surface area contributed by atoms with E-state index in [-0.39, 0.29) is 6.10 Å². The molecule has 0 bridgehead atoms. The number of hydrogen-bond acceptors (Lipinski definition) is 4. The Labute approximate surface area is 115 Å². The molecule has 0 radical (unpaired) electrons. The molecule has 1 aromatic heterocycles. The van der Waals surface area contributed by atoms with Crippen LogP contribution < -0.4 is 10.1 Å². The first-order valence-corrected chi connectivity index (χ1v) is 7.07. The lowest BCUT2D eigenvalue weighted by molar-refractivity contribution is 0.00836. The van der Waals surface area contributed by atoms with Crippen molar-refractivity contribution in [2.24, 2.45) is 0 Å². The Morgan fingerprint density at radius 3 is 2.63 bits per heavy atom. The minimum atomic E-state index is -0.507. The van der Waals surface area contributed by atoms with E-state index in [0.29, 0.717) is 11.9 Å². The smallest absolute Gasteiger partial charge is 0.256 e. The van der Waals surface area contributed by atoms with Crippen LogP contribution >= 0.6 is 0 Å². The third-order valence-electron chi connectivity index (χ3n) is 3.72. The first-order valence-electron chi connectivity index (χ1n) is 7.07. The molecule has 108 valence electrons. The van der Waals surface area contributed by atoms with E-state index < -0.39 is 5.60 Å². The quantitative estimate of drug-likeness (QED) is 0.880. The maximum Gasteiger partial charge on any atom is 0.256 e. The second-order valence-corrected chi connectivity index (χ2v) is 5.97. The van der Waals surface area contributed by atoms with Crippen LogP contribution in [0.25, 0.3) is 0 Å². The molecule has 2 rings (SSSR count). The molecule has 2 N–H and O–H groups in total. The van der Waals surface area contributed by atoms with Gasteiger partial charge in [0, 0.05) is 7.05 Å². The zero-order valence-electron chi connectivity index (χ0n) is 12.3. The molecule has 1 aliphatic carbocycles. The number of rotatable bonds is 4. The minimum Gasteiger partial charge on any atom is -0.472 e. The van der Waals surface area contributed by atoms with Crippen molar-refractivity contribution in [3.63, 3.8) is 0 Å². The molecule has 1 fully saturated rings. The fourth-order valence-electron chi connectivity index (χ4n) is 2.53. The predicted molar refractivity (Wildman–Crippen MR) is 75.7 cm³/mol. The molecule has 1 heterocycles. The lowest BCUT2D eigenvalue weighted by atomic mass is 9.84. The third kappa shape index (κ3) is 3.41. The van der Waals surface area contributed by atoms with E-state index in [1.807, 2.05) is 38.7 Å². The summed E-state index contributed by atoms with van der Waals surface area (Å²) >= 11 is 0. The molecule has 1 aromatic rings. The topological polar surface area (TPSA) is 59.3 Å². The summed E-state index contributed by atoms with van der Waals surface area (Å²) in [6.07, 6.45) is 5.68. The number of aliphatic hydroxyl groups is 1. The Balaban J connectivity index is 2.11. The van der Waals surface area contributed by atoms with Crippen molar-refractivity contribution in [1.82, 2.24) is 9.78 Å². The molecule has 5 heteroatoms. The lowest BCUT2D eigenvalue weighted by Gasteiger charge is -2.32. The van der Waals surface area contributed by atoms with Gasteiger partial charge in [-0.3, -0.25) is 4.68 Å². The van der Waals surface area contributed by atoms with Crippen molar-refractivity contribution in [3.05, 3.63) is 6.20 Å². The summed E-state index contributed by atoms with van der Waals surface area (Å²) in [5.41, 5.74) is 0.415. The molecule has 1 aliphatic rings. The fraction of sp³-hybridized carbons (Fsp3) is 0.786. The van der Waals surface area contributed by atoms with Gasteiger partial charge < -0.3 is 15.2 Å². The highest BCUT2D eigenvalue weighted by Crippen LogP contribution is 2.36. The van der Waals surface area contributed by atoms with E-state index in [2.05, 4.69) is 10.4 Å². The van der Waals surface area contributed by atoms with Crippen LogP contribution in [-0.2, 0) is 0 Å². The lowest BCUT2D eigenvalue weighted by Crippen LogP contribution is -2.31. The first-order chi connectivity index (χ1) is 8.91. The van der Waals surface area contributed by atoms with Gasteiger partial charge in [0.15, 0.2) is 0 Å². The van der Waals surface area contributed by atoms with Gasteiger partial charge >= 0.3 is 0 Å². The number of ether oxygens (including phenoxy) is 1. The Morgan fingerprint density at radius 2 is 2.11 bits per heavy atom. The maximum absolute atomic E-state index is 10.00. The number of aromatic nitrogens is 2. The van der Waals surface area contributed by atoms with Crippen molar-refractivity contribution in [1.29, 1.82) is 0 Å². The molecular weight excluding hydrogens is 242 g/mol. The number of hydrogen-bond donors (Lipinski definition) is 2. The monoisotopic (exact) mass is 267 g/mol. The van der Waals surface area contributed by atoms with Crippen LogP contribution in [0.3, 0.4) is 0 Å². The number of nitrogens with one attached hydrogen (secondary N) is 1. The van der Waals surface area contributed by atoms with Gasteiger partial charge in [0.2, 0.25) is 0 Å². The molecule has 0 aliphatic heterocycles. The highest BCUT2D eigenvalue weighted by atomic mass is 16.5. The summed E-state index contributed by atoms with van der Waals surface area (Å²) in [4.78, 5) is 0. The first kappa shape index (κ1) is 14.2. The van der Waals surface area contributed by atoms with Gasteiger partial charge in [-0.05, 0) is 46.5 Å². The van der Waals surface area contributed by atoms with E-state index in [0.717, 1.165) is 31.4 Å². The van der Waals surface area contributed by atoms with Crippen LogP contribution in [0.15, 0.2) is 6.20 Å². The second-order valence-electron chi connectivity index (χ2n) is 5.97. The summed E-state index contributed by atoms with van der Waals surface area (Å²) in [5.74, 6) is 0.662. The predicted octanol–water partition coefficient (Wildman–Crippen LogP) is 2.58. The summed E-state index contributed by atoms with van der Waals surface area (Å²) in [6.45, 7) is 5.91. The average Bonchev–Trinajstić information content (AvgIpc) is 2.71. The zero-order valence-corrected chi connectivity index (χ0v) is 12.3. The Morgan fingerprint density at radius 1 is 1.47 bits per heavy atom. The van der Waals surface area contributed by atoms with E-state index in [1.165, 1.54) is 0 Å². The molecule has 0 spiro atoms. The summed E-state index contributed by atoms with van der Waals surface area (Å²) in [7, 11) is 1.88. The average molecular weight is 267 g/mol. The Kier molecular flexibility index (Phi) is 4.04. The number of nitrogens with zero attached hydrogens (tertiary/aromatic N) is 2. The Bertz CT molecular complexity index is 416. The van der Waals surface area contributed by atoms with Gasteiger partial charge in [-0.25, -0.2) is 0 Å². The van der Waals surface area contributed by atoms with Gasteiger partial charge in [0.05, 0.1) is 23.9 Å². The molecule has 0 unspecified atom stereocenters. The molecule has 19 heavy (non-hydrogen) atoms. The molecule has 5 nitrogen and oxygen atoms in total. The van der Waals surface area contributed by atoms with Crippen LogP contribution in [0.2, 0.25) is 0 Å². The van der Waals surface area contributed by atoms with Gasteiger partial charge in [0.25, 0.3) is 5.88 Å². The minimum absolute atomic E-state index is 0.113. The van der Waals surface area contributed by atoms with Crippen molar-refractivity contribution >= 4 is 5.69 Å². The van der Waals surface area contributed by atoms with Crippen LogP contribution in [0.5, 0.6) is 5.88 Å². The standard InChI is InChI=1S/C14H25N3O2/c1-10(2)19-13-12(15-4)9-17(16-13)11-5-7-14(3,18)8-6-11/h9-11,15,18H,5-8H2,1-4H3/t11-,14-. The molecule has 0 amide bonds. The normalized spacial score (nSPS) is 27.6. The van der Waals surface area contributed by atoms with Crippen LogP contribution in [-0.4, -0.2) is 33.6 Å². The van der Waals surface area contributed by atoms with Crippen molar-refractivity contribution in [2.75, 3.05) is 12.4 Å². The Hall–Kier alpha value is -1.23. The van der Waals surface area contributed by atoms with Crippen LogP contribution in [0.4, 0.5) is 5.69 Å². The van der Waals surface area contributed by atoms with Crippen LogP contribution in [0, 0.1) is 0 Å². The summed E-state index contributed by atoms with van der Waals surface area (Å²) < 4.78 is 7.69. The van der Waals surface area contributed by atoms with Gasteiger partial charge in [-0.15, -0.1) is 5.10 Å². The van der Waals surface area contributed by atoms with Gasteiger partial charge in [-0.2, -0.15) is 0 Å². The highest BCUT2D eigenvalue weighted by Gasteiger charge is 2.30. The summed E-state index contributed by atoms with van der Waals surface area (Å²) in [6, 6.07) is 0.358. The van der Waals surface area contributed by atoms with E-state index in [9.17, 15) is 5.11 Å². The summed E-state index contributed by atoms with van der Waals surface area (Å²) in [5, 5.41) is 17.7. The zero-order chi connectivity index (χ0) is 14.0. The molecule has 1 saturated carbocycles. The van der Waals surface area contributed by atoms with E-state index >= 15 is 0 Å². The fourth-order valence-corrected chi connectivity index (χ4v) is 2.53. The number of anilines is 1. The van der Waals surface area contributed by atoms with E-state index in [4.69, 9.17) is 4.74 Å². The largest absolute Gasteiger partial charge is 0.472 e. The van der Waals surface area contributed by atoms with E-state index in [1.54, 1.807) is 0 Å². The maximum atomic E-state index is 10.00. The second kappa shape index (κ2) is 5.41. The molecule has 0 saturated heterocycles. The van der Waals surface area contributed by atoms with Crippen LogP contribution in [0.1, 0.15) is 52.5 Å². The van der Waals surface area contributed by atoms with Gasteiger partial charge in [0.1, 0.15) is 5.69 Å². The molecule has 0 aromatic carbocycles.